The van der Waals surface area contributed by atoms with E-state index in [2.05, 4.69) is 4.74 Å². The molecule has 5 nitrogen and oxygen atoms in total. The normalized spacial score (nSPS) is 11.0. The van der Waals surface area contributed by atoms with E-state index in [1.165, 1.54) is 0 Å². The maximum absolute atomic E-state index is 12.8. The van der Waals surface area contributed by atoms with Gasteiger partial charge in [-0.2, -0.15) is 13.2 Å². The van der Waals surface area contributed by atoms with Gasteiger partial charge in [-0.3, -0.25) is 4.79 Å². The lowest BCUT2D eigenvalue weighted by Crippen LogP contribution is -2.53. The van der Waals surface area contributed by atoms with Gasteiger partial charge in [0.25, 0.3) is 0 Å². The van der Waals surface area contributed by atoms with Crippen molar-refractivity contribution in [2.45, 2.75) is 20.0 Å². The number of para-hydroxylation sites is 1. The van der Waals surface area contributed by atoms with Crippen LogP contribution in [0.15, 0.2) is 18.2 Å². The summed E-state index contributed by atoms with van der Waals surface area (Å²) in [5.41, 5.74) is 0.833. The number of carbonyl (C=O) groups is 2. The predicted octanol–water partition coefficient (Wildman–Crippen LogP) is 2.81. The van der Waals surface area contributed by atoms with Gasteiger partial charge in [0.05, 0.1) is 12.8 Å². The molecule has 21 heavy (non-hydrogen) atoms. The highest BCUT2D eigenvalue weighted by molar-refractivity contribution is 6.00. The molecule has 0 fully saturated rings. The highest BCUT2D eigenvalue weighted by Crippen LogP contribution is 2.30. The van der Waals surface area contributed by atoms with Gasteiger partial charge in [-0.25, -0.2) is 14.8 Å². The maximum atomic E-state index is 12.8. The van der Waals surface area contributed by atoms with E-state index in [-0.39, 0.29) is 10.7 Å². The molecule has 1 aromatic carbocycles. The van der Waals surface area contributed by atoms with Crippen LogP contribution in [0.4, 0.5) is 23.7 Å². The number of amides is 2. The Hall–Kier alpha value is -2.25. The van der Waals surface area contributed by atoms with Gasteiger partial charge in [-0.1, -0.05) is 18.2 Å². The lowest BCUT2D eigenvalue weighted by atomic mass is 10.1. The minimum absolute atomic E-state index is 0.00674. The quantitative estimate of drug-likeness (QED) is 0.750. The molecule has 0 bridgehead atoms. The van der Waals surface area contributed by atoms with Crippen LogP contribution in [0.2, 0.25) is 0 Å². The first-order valence-corrected chi connectivity index (χ1v) is 5.90. The Labute approximate surface area is 119 Å². The number of benzene rings is 1. The molecule has 0 aromatic heterocycles. The number of ether oxygens (including phenoxy) is 1. The molecule has 0 spiro atoms. The van der Waals surface area contributed by atoms with E-state index in [9.17, 15) is 22.8 Å². The molecular weight excluding hydrogens is 289 g/mol. The third-order valence-electron chi connectivity index (χ3n) is 2.83. The highest BCUT2D eigenvalue weighted by atomic mass is 19.4. The topological polar surface area (TPSA) is 49.9 Å². The summed E-state index contributed by atoms with van der Waals surface area (Å²) < 4.78 is 42.8. The predicted molar refractivity (Wildman–Crippen MR) is 69.6 cm³/mol. The number of carbonyl (C=O) groups excluding carboxylic acids is 2. The summed E-state index contributed by atoms with van der Waals surface area (Å²) in [7, 11) is 2.04. The Morgan fingerprint density at radius 1 is 1.14 bits per heavy atom. The van der Waals surface area contributed by atoms with Crippen LogP contribution in [-0.4, -0.2) is 37.3 Å². The Bertz CT molecular complexity index is 538. The second-order valence-corrected chi connectivity index (χ2v) is 4.35. The molecule has 1 aromatic rings. The molecule has 0 heterocycles. The molecular formula is C13H15F3N2O3. The highest BCUT2D eigenvalue weighted by Gasteiger charge is 2.46. The summed E-state index contributed by atoms with van der Waals surface area (Å²) in [5, 5.41) is 0.766. The molecule has 0 atom stereocenters. The third kappa shape index (κ3) is 3.45. The molecule has 0 N–H and O–H groups in total. The van der Waals surface area contributed by atoms with Gasteiger partial charge < -0.3 is 4.74 Å². The zero-order valence-electron chi connectivity index (χ0n) is 12.0. The molecule has 2 amide bonds. The van der Waals surface area contributed by atoms with Crippen LogP contribution in [0.5, 0.6) is 0 Å². The largest absolute Gasteiger partial charge is 0.473 e. The SMILES string of the molecule is COC(=O)N(C)N(C(=O)C(F)(F)F)c1c(C)cccc1C. The summed E-state index contributed by atoms with van der Waals surface area (Å²) in [5.74, 6) is -2.17. The Balaban J connectivity index is 3.46. The summed E-state index contributed by atoms with van der Waals surface area (Å²) in [4.78, 5) is 23.2. The van der Waals surface area contributed by atoms with E-state index in [1.807, 2.05) is 0 Å². The summed E-state index contributed by atoms with van der Waals surface area (Å²) >= 11 is 0. The summed E-state index contributed by atoms with van der Waals surface area (Å²) in [6.07, 6.45) is -6.22. The smallest absolute Gasteiger partial charge is 0.452 e. The number of methoxy groups -OCH3 is 1. The van der Waals surface area contributed by atoms with E-state index < -0.39 is 18.2 Å². The molecule has 0 radical (unpaired) electrons. The summed E-state index contributed by atoms with van der Waals surface area (Å²) in [6, 6.07) is 4.73. The van der Waals surface area contributed by atoms with E-state index in [0.29, 0.717) is 16.1 Å². The van der Waals surface area contributed by atoms with Crippen LogP contribution in [0.25, 0.3) is 0 Å². The second-order valence-electron chi connectivity index (χ2n) is 4.35. The summed E-state index contributed by atoms with van der Waals surface area (Å²) in [6.45, 7) is 3.09. The zero-order valence-corrected chi connectivity index (χ0v) is 12.0. The van der Waals surface area contributed by atoms with Crippen molar-refractivity contribution in [1.82, 2.24) is 5.01 Å². The average molecular weight is 304 g/mol. The zero-order chi connectivity index (χ0) is 16.4. The lowest BCUT2D eigenvalue weighted by Gasteiger charge is -2.33. The van der Waals surface area contributed by atoms with Crippen LogP contribution >= 0.6 is 0 Å². The third-order valence-corrected chi connectivity index (χ3v) is 2.83. The minimum atomic E-state index is -5.13. The van der Waals surface area contributed by atoms with Crippen LogP contribution < -0.4 is 5.01 Å². The van der Waals surface area contributed by atoms with Crippen molar-refractivity contribution in [3.8, 4) is 0 Å². The lowest BCUT2D eigenvalue weighted by molar-refractivity contribution is -0.173. The number of rotatable bonds is 1. The standard InChI is InChI=1S/C13H15F3N2O3/c1-8-6-5-7-9(2)10(8)18(11(19)13(14,15)16)17(3)12(20)21-4/h5-7H,1-4H3. The number of hydrazine groups is 1. The van der Waals surface area contributed by atoms with Gasteiger partial charge in [0, 0.05) is 7.05 Å². The molecule has 8 heteroatoms. The molecule has 116 valence electrons. The molecule has 0 unspecified atom stereocenters. The number of hydrogen-bond acceptors (Lipinski definition) is 3. The number of hydrogen-bond donors (Lipinski definition) is 0. The minimum Gasteiger partial charge on any atom is -0.452 e. The van der Waals surface area contributed by atoms with Gasteiger partial charge in [-0.05, 0) is 25.0 Å². The van der Waals surface area contributed by atoms with Crippen LogP contribution in [0, 0.1) is 13.8 Å². The van der Waals surface area contributed by atoms with Crippen molar-refractivity contribution in [2.75, 3.05) is 19.2 Å². The second kappa shape index (κ2) is 6.02. The molecule has 0 aliphatic carbocycles. The van der Waals surface area contributed by atoms with E-state index >= 15 is 0 Å². The van der Waals surface area contributed by atoms with Crippen LogP contribution in [0.3, 0.4) is 0 Å². The van der Waals surface area contributed by atoms with Crippen LogP contribution in [0.1, 0.15) is 11.1 Å². The van der Waals surface area contributed by atoms with Crippen molar-refractivity contribution in [3.05, 3.63) is 29.3 Å². The number of aryl methyl sites for hydroxylation is 2. The van der Waals surface area contributed by atoms with Gasteiger partial charge in [0.1, 0.15) is 0 Å². The fourth-order valence-corrected chi connectivity index (χ4v) is 1.86. The molecule has 0 aliphatic rings. The van der Waals surface area contributed by atoms with Gasteiger partial charge in [0.15, 0.2) is 0 Å². The van der Waals surface area contributed by atoms with E-state index in [4.69, 9.17) is 0 Å². The number of halogens is 3. The van der Waals surface area contributed by atoms with E-state index in [1.54, 1.807) is 32.0 Å². The first-order chi connectivity index (χ1) is 9.61. The molecule has 0 aliphatic heterocycles. The first kappa shape index (κ1) is 16.8. The first-order valence-electron chi connectivity index (χ1n) is 5.90. The van der Waals surface area contributed by atoms with E-state index in [0.717, 1.165) is 14.2 Å². The molecule has 1 rings (SSSR count). The maximum Gasteiger partial charge on any atom is 0.473 e. The van der Waals surface area contributed by atoms with Crippen molar-refractivity contribution in [2.24, 2.45) is 0 Å². The fraction of sp³-hybridized carbons (Fsp3) is 0.385. The Morgan fingerprint density at radius 2 is 1.62 bits per heavy atom. The van der Waals surface area contributed by atoms with Gasteiger partial charge >= 0.3 is 18.2 Å². The number of nitrogens with zero attached hydrogens (tertiary/aromatic N) is 2. The fourth-order valence-electron chi connectivity index (χ4n) is 1.86. The molecule has 0 saturated heterocycles. The van der Waals surface area contributed by atoms with Crippen molar-refractivity contribution in [1.29, 1.82) is 0 Å². The number of anilines is 1. The number of alkyl halides is 3. The average Bonchev–Trinajstić information content (AvgIpc) is 2.39. The monoisotopic (exact) mass is 304 g/mol. The van der Waals surface area contributed by atoms with Crippen LogP contribution in [-0.2, 0) is 9.53 Å². The Morgan fingerprint density at radius 3 is 2.00 bits per heavy atom. The molecule has 0 saturated carbocycles. The van der Waals surface area contributed by atoms with Gasteiger partial charge in [-0.15, -0.1) is 0 Å². The Kier molecular flexibility index (Phi) is 4.82. The van der Waals surface area contributed by atoms with Gasteiger partial charge in [0.2, 0.25) is 0 Å². The van der Waals surface area contributed by atoms with Crippen molar-refractivity contribution in [3.63, 3.8) is 0 Å². The van der Waals surface area contributed by atoms with Crippen molar-refractivity contribution >= 4 is 17.7 Å². The van der Waals surface area contributed by atoms with Crippen molar-refractivity contribution < 1.29 is 27.5 Å².